The molecule has 0 aromatic rings. The highest BCUT2D eigenvalue weighted by molar-refractivity contribution is 4.89. The van der Waals surface area contributed by atoms with Crippen molar-refractivity contribution in [2.75, 3.05) is 13.1 Å². The summed E-state index contributed by atoms with van der Waals surface area (Å²) in [6, 6.07) is 0. The van der Waals surface area contributed by atoms with Crippen LogP contribution in [0, 0.1) is 11.8 Å². The summed E-state index contributed by atoms with van der Waals surface area (Å²) in [6.45, 7) is 6.14. The molecule has 1 aliphatic heterocycles. The molecule has 0 atom stereocenters. The Hall–Kier alpha value is -0.480. The van der Waals surface area contributed by atoms with Crippen LogP contribution in [0.25, 0.3) is 0 Å². The van der Waals surface area contributed by atoms with Crippen LogP contribution in [0.3, 0.4) is 0 Å². The lowest BCUT2D eigenvalue weighted by molar-refractivity contribution is 0.857. The zero-order valence-corrected chi connectivity index (χ0v) is 6.33. The maximum atomic E-state index is 3.22. The highest BCUT2D eigenvalue weighted by atomic mass is 14.9. The van der Waals surface area contributed by atoms with Crippen LogP contribution in [-0.2, 0) is 0 Å². The fourth-order valence-electron chi connectivity index (χ4n) is 0.625. The van der Waals surface area contributed by atoms with E-state index in [1.54, 1.807) is 0 Å². The molecule has 52 valence electrons. The Morgan fingerprint density at radius 3 is 1.56 bits per heavy atom. The van der Waals surface area contributed by atoms with Crippen molar-refractivity contribution in [3.05, 3.63) is 0 Å². The minimum atomic E-state index is 1.25. The average molecular weight is 125 g/mol. The number of hydrogen-bond donors (Lipinski definition) is 1. The predicted octanol–water partition coefficient (Wildman–Crippen LogP) is 1.40. The monoisotopic (exact) mass is 125 g/mol. The van der Waals surface area contributed by atoms with E-state index in [0.717, 1.165) is 0 Å². The maximum Gasteiger partial charge on any atom is -0.00271 e. The third kappa shape index (κ3) is 7.52. The first-order valence-corrected chi connectivity index (χ1v) is 3.46. The molecule has 0 aliphatic carbocycles. The van der Waals surface area contributed by atoms with Gasteiger partial charge in [0, 0.05) is 0 Å². The Kier molecular flexibility index (Phi) is 7.12. The van der Waals surface area contributed by atoms with Gasteiger partial charge >= 0.3 is 0 Å². The van der Waals surface area contributed by atoms with Crippen LogP contribution in [0.15, 0.2) is 0 Å². The van der Waals surface area contributed by atoms with Crippen molar-refractivity contribution in [2.24, 2.45) is 0 Å². The van der Waals surface area contributed by atoms with Gasteiger partial charge in [-0.25, -0.2) is 0 Å². The normalized spacial score (nSPS) is 14.9. The molecule has 1 saturated heterocycles. The summed E-state index contributed by atoms with van der Waals surface area (Å²) in [4.78, 5) is 0. The Morgan fingerprint density at radius 1 is 1.00 bits per heavy atom. The van der Waals surface area contributed by atoms with Crippen LogP contribution in [0.4, 0.5) is 0 Å². The van der Waals surface area contributed by atoms with Crippen molar-refractivity contribution in [2.45, 2.75) is 26.7 Å². The van der Waals surface area contributed by atoms with E-state index in [1.165, 1.54) is 25.9 Å². The van der Waals surface area contributed by atoms with Crippen LogP contribution >= 0.6 is 0 Å². The van der Waals surface area contributed by atoms with Crippen molar-refractivity contribution in [1.29, 1.82) is 0 Å². The van der Waals surface area contributed by atoms with E-state index < -0.39 is 0 Å². The summed E-state index contributed by atoms with van der Waals surface area (Å²) in [6.07, 6.45) is 2.78. The number of rotatable bonds is 0. The van der Waals surface area contributed by atoms with Crippen molar-refractivity contribution in [3.8, 4) is 11.8 Å². The molecule has 0 bridgehead atoms. The largest absolute Gasteiger partial charge is 0.317 e. The number of hydrogen-bond acceptors (Lipinski definition) is 1. The summed E-state index contributed by atoms with van der Waals surface area (Å²) in [5, 5.41) is 3.22. The Labute approximate surface area is 57.8 Å². The molecule has 0 aromatic carbocycles. The summed E-state index contributed by atoms with van der Waals surface area (Å²) < 4.78 is 0. The molecule has 9 heavy (non-hydrogen) atoms. The predicted molar refractivity (Wildman–Crippen MR) is 41.2 cm³/mol. The minimum absolute atomic E-state index is 1.25. The van der Waals surface area contributed by atoms with Crippen molar-refractivity contribution in [1.82, 2.24) is 5.32 Å². The molecule has 1 N–H and O–H groups in total. The van der Waals surface area contributed by atoms with E-state index in [0.29, 0.717) is 0 Å². The van der Waals surface area contributed by atoms with Gasteiger partial charge in [0.05, 0.1) is 0 Å². The first kappa shape index (κ1) is 8.52. The summed E-state index contributed by atoms with van der Waals surface area (Å²) in [7, 11) is 0. The van der Waals surface area contributed by atoms with Gasteiger partial charge in [0.25, 0.3) is 0 Å². The highest BCUT2D eigenvalue weighted by Crippen LogP contribution is 1.90. The van der Waals surface area contributed by atoms with E-state index in [-0.39, 0.29) is 0 Å². The van der Waals surface area contributed by atoms with Gasteiger partial charge in [0.1, 0.15) is 0 Å². The van der Waals surface area contributed by atoms with Gasteiger partial charge < -0.3 is 5.32 Å². The van der Waals surface area contributed by atoms with Crippen LogP contribution in [-0.4, -0.2) is 13.1 Å². The van der Waals surface area contributed by atoms with Gasteiger partial charge in [-0.2, -0.15) is 0 Å². The van der Waals surface area contributed by atoms with E-state index in [9.17, 15) is 0 Å². The fraction of sp³-hybridized carbons (Fsp3) is 0.750. The highest BCUT2D eigenvalue weighted by Gasteiger charge is 1.93. The lowest BCUT2D eigenvalue weighted by atomic mass is 10.4. The molecule has 0 spiro atoms. The summed E-state index contributed by atoms with van der Waals surface area (Å²) >= 11 is 0. The van der Waals surface area contributed by atoms with Gasteiger partial charge in [0.15, 0.2) is 0 Å². The topological polar surface area (TPSA) is 12.0 Å². The second-order valence-electron chi connectivity index (χ2n) is 1.96. The van der Waals surface area contributed by atoms with Crippen LogP contribution in [0.2, 0.25) is 0 Å². The Morgan fingerprint density at radius 2 is 1.44 bits per heavy atom. The standard InChI is InChI=1S/C4H9N.C4H6/c1-2-4-5-3-1;1-3-4-2/h5H,1-4H2;1-2H3. The van der Waals surface area contributed by atoms with Crippen molar-refractivity contribution in [3.63, 3.8) is 0 Å². The molecular formula is C8H15N. The molecule has 0 saturated carbocycles. The second kappa shape index (κ2) is 7.52. The molecule has 0 radical (unpaired) electrons. The summed E-state index contributed by atoms with van der Waals surface area (Å²) in [5.74, 6) is 5.36. The molecule has 1 rings (SSSR count). The van der Waals surface area contributed by atoms with Gasteiger partial charge in [-0.15, -0.1) is 11.8 Å². The van der Waals surface area contributed by atoms with Gasteiger partial charge in [-0.05, 0) is 39.8 Å². The van der Waals surface area contributed by atoms with Crippen LogP contribution in [0.1, 0.15) is 26.7 Å². The Bertz CT molecular complexity index is 79.3. The molecule has 1 fully saturated rings. The van der Waals surface area contributed by atoms with Crippen molar-refractivity contribution >= 4 is 0 Å². The maximum absolute atomic E-state index is 3.22. The molecule has 1 heteroatoms. The smallest absolute Gasteiger partial charge is 0.00271 e. The quantitative estimate of drug-likeness (QED) is 0.482. The lowest BCUT2D eigenvalue weighted by Crippen LogP contribution is -2.03. The first-order chi connectivity index (χ1) is 4.41. The third-order valence-corrected chi connectivity index (χ3v) is 1.21. The molecule has 0 amide bonds. The van der Waals surface area contributed by atoms with Crippen LogP contribution in [0.5, 0.6) is 0 Å². The zero-order chi connectivity index (χ0) is 6.95. The van der Waals surface area contributed by atoms with E-state index in [4.69, 9.17) is 0 Å². The molecule has 0 unspecified atom stereocenters. The first-order valence-electron chi connectivity index (χ1n) is 3.46. The third-order valence-electron chi connectivity index (χ3n) is 1.21. The lowest BCUT2D eigenvalue weighted by Gasteiger charge is -1.76. The van der Waals surface area contributed by atoms with E-state index in [1.807, 2.05) is 13.8 Å². The summed E-state index contributed by atoms with van der Waals surface area (Å²) in [5.41, 5.74) is 0. The SMILES string of the molecule is C1CCNC1.CC#CC. The fourth-order valence-corrected chi connectivity index (χ4v) is 0.625. The molecule has 1 heterocycles. The zero-order valence-electron chi connectivity index (χ0n) is 6.33. The van der Waals surface area contributed by atoms with Gasteiger partial charge in [0.2, 0.25) is 0 Å². The molecule has 1 nitrogen and oxygen atoms in total. The average Bonchev–Trinajstić information content (AvgIpc) is 2.43. The Balaban J connectivity index is 0.000000148. The van der Waals surface area contributed by atoms with Gasteiger partial charge in [-0.3, -0.25) is 0 Å². The number of nitrogens with one attached hydrogen (secondary N) is 1. The minimum Gasteiger partial charge on any atom is -0.317 e. The van der Waals surface area contributed by atoms with Crippen LogP contribution < -0.4 is 5.32 Å². The molecule has 1 aliphatic rings. The van der Waals surface area contributed by atoms with E-state index >= 15 is 0 Å². The van der Waals surface area contributed by atoms with Gasteiger partial charge in [-0.1, -0.05) is 0 Å². The molecule has 0 aromatic heterocycles. The second-order valence-corrected chi connectivity index (χ2v) is 1.96. The molecular weight excluding hydrogens is 110 g/mol. The van der Waals surface area contributed by atoms with E-state index in [2.05, 4.69) is 17.2 Å². The van der Waals surface area contributed by atoms with Crippen molar-refractivity contribution < 1.29 is 0 Å².